The lowest BCUT2D eigenvalue weighted by atomic mass is 10.0. The molecule has 6 nitrogen and oxygen atoms in total. The largest absolute Gasteiger partial charge is 0.486 e. The quantitative estimate of drug-likeness (QED) is 0.818. The Morgan fingerprint density at radius 3 is 2.72 bits per heavy atom. The van der Waals surface area contributed by atoms with Gasteiger partial charge in [0.2, 0.25) is 5.91 Å². The minimum atomic E-state index is -0.165. The maximum Gasteiger partial charge on any atom is 0.220 e. The van der Waals surface area contributed by atoms with Crippen molar-refractivity contribution in [2.45, 2.75) is 25.8 Å². The molecule has 6 heteroatoms. The molecule has 1 aliphatic heterocycles. The van der Waals surface area contributed by atoms with Crippen LogP contribution in [-0.4, -0.2) is 29.9 Å². The first-order valence-corrected chi connectivity index (χ1v) is 8.25. The number of nitrogens with one attached hydrogen (secondary N) is 1. The Hall–Kier alpha value is -2.89. The molecular formula is C19H20N2O4. The first-order valence-electron chi connectivity index (χ1n) is 8.25. The zero-order chi connectivity index (χ0) is 17.6. The molecule has 0 saturated heterocycles. The van der Waals surface area contributed by atoms with Crippen LogP contribution in [-0.2, 0) is 4.79 Å². The average molecular weight is 340 g/mol. The Balaban J connectivity index is 1.52. The van der Waals surface area contributed by atoms with Gasteiger partial charge in [-0.05, 0) is 36.8 Å². The molecule has 0 radical (unpaired) electrons. The molecule has 0 bridgehead atoms. The summed E-state index contributed by atoms with van der Waals surface area (Å²) in [7, 11) is 0. The fourth-order valence-corrected chi connectivity index (χ4v) is 2.62. The molecule has 1 amide bonds. The fraction of sp³-hybridized carbons (Fsp3) is 0.316. The number of aromatic nitrogens is 1. The number of benzene rings is 1. The van der Waals surface area contributed by atoms with Crippen molar-refractivity contribution in [1.29, 1.82) is 0 Å². The van der Waals surface area contributed by atoms with Crippen molar-refractivity contribution >= 4 is 11.7 Å². The summed E-state index contributed by atoms with van der Waals surface area (Å²) in [4.78, 5) is 28.4. The third kappa shape index (κ3) is 4.35. The molecule has 1 aromatic heterocycles. The number of pyridine rings is 1. The third-order valence-electron chi connectivity index (χ3n) is 4.01. The maximum absolute atomic E-state index is 12.3. The van der Waals surface area contributed by atoms with Crippen LogP contribution in [0.4, 0.5) is 0 Å². The first-order chi connectivity index (χ1) is 12.1. The Bertz CT molecular complexity index is 761. The van der Waals surface area contributed by atoms with Gasteiger partial charge in [0, 0.05) is 30.8 Å². The van der Waals surface area contributed by atoms with E-state index in [1.807, 2.05) is 19.1 Å². The molecule has 0 unspecified atom stereocenters. The summed E-state index contributed by atoms with van der Waals surface area (Å²) in [5.74, 6) is 0.959. The standard InChI is InChI=1S/C19H20N2O4/c1-13(15-3-2-8-20-12-15)21-19(23)7-5-16(22)14-4-6-17-18(11-14)25-10-9-24-17/h2-4,6,8,11-13H,5,7,9-10H2,1H3,(H,21,23)/t13-/m1/s1. The van der Waals surface area contributed by atoms with E-state index in [1.165, 1.54) is 0 Å². The third-order valence-corrected chi connectivity index (χ3v) is 4.01. The highest BCUT2D eigenvalue weighted by atomic mass is 16.6. The van der Waals surface area contributed by atoms with Gasteiger partial charge in [-0.1, -0.05) is 6.07 Å². The van der Waals surface area contributed by atoms with Gasteiger partial charge in [0.15, 0.2) is 17.3 Å². The molecule has 2 aromatic rings. The Labute approximate surface area is 146 Å². The number of rotatable bonds is 6. The van der Waals surface area contributed by atoms with Crippen LogP contribution in [0.1, 0.15) is 41.7 Å². The van der Waals surface area contributed by atoms with E-state index < -0.39 is 0 Å². The van der Waals surface area contributed by atoms with Crippen LogP contribution < -0.4 is 14.8 Å². The molecule has 1 aliphatic rings. The molecule has 1 aromatic carbocycles. The predicted molar refractivity (Wildman–Crippen MR) is 91.8 cm³/mol. The maximum atomic E-state index is 12.3. The zero-order valence-electron chi connectivity index (χ0n) is 14.0. The fourth-order valence-electron chi connectivity index (χ4n) is 2.62. The number of fused-ring (bicyclic) bond motifs is 1. The summed E-state index contributed by atoms with van der Waals surface area (Å²) >= 11 is 0. The molecule has 1 N–H and O–H groups in total. The molecule has 0 fully saturated rings. The second-order valence-corrected chi connectivity index (χ2v) is 5.86. The van der Waals surface area contributed by atoms with Gasteiger partial charge in [0.05, 0.1) is 6.04 Å². The molecule has 1 atom stereocenters. The normalized spacial score (nSPS) is 13.8. The van der Waals surface area contributed by atoms with Crippen LogP contribution in [0.2, 0.25) is 0 Å². The SMILES string of the molecule is C[C@@H](NC(=O)CCC(=O)c1ccc2c(c1)OCCO2)c1cccnc1. The topological polar surface area (TPSA) is 77.5 Å². The average Bonchev–Trinajstić information content (AvgIpc) is 2.66. The summed E-state index contributed by atoms with van der Waals surface area (Å²) in [5.41, 5.74) is 1.45. The lowest BCUT2D eigenvalue weighted by Crippen LogP contribution is -2.27. The van der Waals surface area contributed by atoms with Crippen molar-refractivity contribution in [3.05, 3.63) is 53.9 Å². The molecule has 0 spiro atoms. The minimum absolute atomic E-state index is 0.0962. The van der Waals surface area contributed by atoms with Crippen molar-refractivity contribution in [2.75, 3.05) is 13.2 Å². The van der Waals surface area contributed by atoms with Crippen LogP contribution in [0, 0.1) is 0 Å². The number of hydrogen-bond acceptors (Lipinski definition) is 5. The van der Waals surface area contributed by atoms with E-state index in [-0.39, 0.29) is 30.6 Å². The molecule has 2 heterocycles. The van der Waals surface area contributed by atoms with Gasteiger partial charge in [-0.3, -0.25) is 14.6 Å². The van der Waals surface area contributed by atoms with E-state index in [2.05, 4.69) is 10.3 Å². The summed E-state index contributed by atoms with van der Waals surface area (Å²) < 4.78 is 10.9. The van der Waals surface area contributed by atoms with E-state index >= 15 is 0 Å². The van der Waals surface area contributed by atoms with Crippen molar-refractivity contribution in [3.8, 4) is 11.5 Å². The molecule has 25 heavy (non-hydrogen) atoms. The van der Waals surface area contributed by atoms with Crippen LogP contribution in [0.25, 0.3) is 0 Å². The highest BCUT2D eigenvalue weighted by Gasteiger charge is 2.16. The number of amides is 1. The highest BCUT2D eigenvalue weighted by Crippen LogP contribution is 2.31. The van der Waals surface area contributed by atoms with Crippen molar-refractivity contribution in [2.24, 2.45) is 0 Å². The van der Waals surface area contributed by atoms with E-state index in [4.69, 9.17) is 9.47 Å². The summed E-state index contributed by atoms with van der Waals surface area (Å²) in [6, 6.07) is 8.68. The van der Waals surface area contributed by atoms with Crippen molar-refractivity contribution in [3.63, 3.8) is 0 Å². The van der Waals surface area contributed by atoms with Crippen LogP contribution in [0.3, 0.4) is 0 Å². The van der Waals surface area contributed by atoms with Crippen LogP contribution in [0.5, 0.6) is 11.5 Å². The highest BCUT2D eigenvalue weighted by molar-refractivity contribution is 5.98. The first kappa shape index (κ1) is 17.0. The zero-order valence-corrected chi connectivity index (χ0v) is 14.0. The van der Waals surface area contributed by atoms with E-state index in [9.17, 15) is 9.59 Å². The number of carbonyl (C=O) groups excluding carboxylic acids is 2. The molecule has 0 saturated carbocycles. The van der Waals surface area contributed by atoms with Gasteiger partial charge >= 0.3 is 0 Å². The van der Waals surface area contributed by atoms with Gasteiger partial charge < -0.3 is 14.8 Å². The molecular weight excluding hydrogens is 320 g/mol. The Morgan fingerprint density at radius 1 is 1.16 bits per heavy atom. The van der Waals surface area contributed by atoms with E-state index in [0.717, 1.165) is 5.56 Å². The number of carbonyl (C=O) groups is 2. The number of hydrogen-bond donors (Lipinski definition) is 1. The number of nitrogens with zero attached hydrogens (tertiary/aromatic N) is 1. The number of ketones is 1. The number of Topliss-reactive ketones (excluding diaryl/α,β-unsaturated/α-hetero) is 1. The smallest absolute Gasteiger partial charge is 0.220 e. The summed E-state index contributed by atoms with van der Waals surface area (Å²) in [6.07, 6.45) is 3.68. The number of ether oxygens (including phenoxy) is 2. The lowest BCUT2D eigenvalue weighted by Gasteiger charge is -2.18. The van der Waals surface area contributed by atoms with Crippen LogP contribution in [0.15, 0.2) is 42.7 Å². The van der Waals surface area contributed by atoms with Crippen molar-refractivity contribution in [1.82, 2.24) is 10.3 Å². The predicted octanol–water partition coefficient (Wildman–Crippen LogP) is 2.69. The van der Waals surface area contributed by atoms with E-state index in [1.54, 1.807) is 30.6 Å². The molecule has 130 valence electrons. The lowest BCUT2D eigenvalue weighted by molar-refractivity contribution is -0.121. The Kier molecular flexibility index (Phi) is 5.28. The van der Waals surface area contributed by atoms with Gasteiger partial charge in [-0.25, -0.2) is 0 Å². The summed E-state index contributed by atoms with van der Waals surface area (Å²) in [6.45, 7) is 2.87. The monoisotopic (exact) mass is 340 g/mol. The molecule has 3 rings (SSSR count). The van der Waals surface area contributed by atoms with Crippen molar-refractivity contribution < 1.29 is 19.1 Å². The van der Waals surface area contributed by atoms with Crippen LogP contribution >= 0.6 is 0 Å². The van der Waals surface area contributed by atoms with Gasteiger partial charge in [0.25, 0.3) is 0 Å². The second kappa shape index (κ2) is 7.79. The minimum Gasteiger partial charge on any atom is -0.486 e. The van der Waals surface area contributed by atoms with Gasteiger partial charge in [-0.2, -0.15) is 0 Å². The Morgan fingerprint density at radius 2 is 1.96 bits per heavy atom. The van der Waals surface area contributed by atoms with Gasteiger partial charge in [-0.15, -0.1) is 0 Å². The summed E-state index contributed by atoms with van der Waals surface area (Å²) in [5, 5.41) is 2.88. The second-order valence-electron chi connectivity index (χ2n) is 5.86. The molecule has 0 aliphatic carbocycles. The van der Waals surface area contributed by atoms with E-state index in [0.29, 0.717) is 30.3 Å². The van der Waals surface area contributed by atoms with Gasteiger partial charge in [0.1, 0.15) is 13.2 Å².